The van der Waals surface area contributed by atoms with Gasteiger partial charge in [0.05, 0.1) is 11.5 Å². The van der Waals surface area contributed by atoms with E-state index >= 15 is 0 Å². The minimum atomic E-state index is -0.130. The predicted molar refractivity (Wildman–Crippen MR) is 93.8 cm³/mol. The fraction of sp³-hybridized carbons (Fsp3) is 0.294. The van der Waals surface area contributed by atoms with Crippen LogP contribution in [0.15, 0.2) is 42.5 Å². The Kier molecular flexibility index (Phi) is 5.33. The van der Waals surface area contributed by atoms with Crippen LogP contribution in [0.1, 0.15) is 35.9 Å². The van der Waals surface area contributed by atoms with Crippen LogP contribution in [0.5, 0.6) is 5.75 Å². The van der Waals surface area contributed by atoms with Gasteiger partial charge in [-0.2, -0.15) is 0 Å². The molecular weight excluding hydrogens is 383 g/mol. The monoisotopic (exact) mass is 400 g/mol. The first-order chi connectivity index (χ1) is 9.49. The molecule has 0 amide bonds. The Morgan fingerprint density at radius 1 is 1.05 bits per heavy atom. The Balaban J connectivity index is 2.25. The van der Waals surface area contributed by atoms with E-state index in [1.807, 2.05) is 38.1 Å². The summed E-state index contributed by atoms with van der Waals surface area (Å²) in [6.45, 7) is 6.15. The second-order valence-electron chi connectivity index (χ2n) is 5.08. The van der Waals surface area contributed by atoms with Gasteiger partial charge >= 0.3 is 0 Å². The number of rotatable bonds is 4. The van der Waals surface area contributed by atoms with Crippen molar-refractivity contribution in [3.05, 3.63) is 62.7 Å². The molecule has 2 aromatic carbocycles. The number of hydrogen-bond donors (Lipinski definition) is 0. The lowest BCUT2D eigenvalue weighted by Gasteiger charge is -2.15. The number of hydrogen-bond acceptors (Lipinski definition) is 1. The van der Waals surface area contributed by atoms with Crippen LogP contribution in [0, 0.1) is 10.5 Å². The summed E-state index contributed by atoms with van der Waals surface area (Å²) in [6.07, 6.45) is 0.186. The first-order valence-electron chi connectivity index (χ1n) is 6.64. The van der Waals surface area contributed by atoms with E-state index in [1.54, 1.807) is 0 Å². The second-order valence-corrected chi connectivity index (χ2v) is 6.59. The van der Waals surface area contributed by atoms with E-state index in [9.17, 15) is 0 Å². The Bertz CT molecular complexity index is 578. The molecule has 0 heterocycles. The topological polar surface area (TPSA) is 9.23 Å². The first-order valence-corrected chi connectivity index (χ1v) is 8.16. The average Bonchev–Trinajstić information content (AvgIpc) is 2.41. The van der Waals surface area contributed by atoms with Crippen molar-refractivity contribution in [2.24, 2.45) is 0 Å². The summed E-state index contributed by atoms with van der Waals surface area (Å²) < 4.78 is 6.88. The summed E-state index contributed by atoms with van der Waals surface area (Å²) in [6, 6.07) is 14.3. The highest BCUT2D eigenvalue weighted by Crippen LogP contribution is 2.33. The highest BCUT2D eigenvalue weighted by molar-refractivity contribution is 14.1. The molecule has 0 fully saturated rings. The second kappa shape index (κ2) is 6.81. The molecule has 20 heavy (non-hydrogen) atoms. The van der Waals surface area contributed by atoms with Gasteiger partial charge in [0.1, 0.15) is 5.75 Å². The van der Waals surface area contributed by atoms with Gasteiger partial charge < -0.3 is 4.74 Å². The quantitative estimate of drug-likeness (QED) is 0.471. The summed E-state index contributed by atoms with van der Waals surface area (Å²) in [5, 5.41) is -0.130. The highest BCUT2D eigenvalue weighted by Gasteiger charge is 2.15. The summed E-state index contributed by atoms with van der Waals surface area (Å²) in [7, 11) is 0. The molecule has 2 aromatic rings. The van der Waals surface area contributed by atoms with Crippen LogP contribution in [0.25, 0.3) is 0 Å². The van der Waals surface area contributed by atoms with Crippen molar-refractivity contribution in [3.8, 4) is 5.75 Å². The van der Waals surface area contributed by atoms with Gasteiger partial charge in [-0.1, -0.05) is 30.3 Å². The zero-order valence-electron chi connectivity index (χ0n) is 11.9. The van der Waals surface area contributed by atoms with Gasteiger partial charge in [-0.3, -0.25) is 0 Å². The maximum Gasteiger partial charge on any atom is 0.119 e. The zero-order chi connectivity index (χ0) is 14.7. The van der Waals surface area contributed by atoms with Gasteiger partial charge in [0, 0.05) is 3.57 Å². The van der Waals surface area contributed by atoms with Gasteiger partial charge in [0.15, 0.2) is 0 Å². The third-order valence-electron chi connectivity index (χ3n) is 3.04. The van der Waals surface area contributed by atoms with Crippen LogP contribution in [-0.2, 0) is 0 Å². The number of aryl methyl sites for hydroxylation is 1. The van der Waals surface area contributed by atoms with Gasteiger partial charge in [0.2, 0.25) is 0 Å². The molecule has 3 heteroatoms. The lowest BCUT2D eigenvalue weighted by Crippen LogP contribution is -2.05. The maximum atomic E-state index is 6.62. The van der Waals surface area contributed by atoms with Gasteiger partial charge in [-0.05, 0) is 72.2 Å². The lowest BCUT2D eigenvalue weighted by atomic mass is 10.0. The fourth-order valence-electron chi connectivity index (χ4n) is 2.03. The lowest BCUT2D eigenvalue weighted by molar-refractivity contribution is 0.242. The van der Waals surface area contributed by atoms with Crippen molar-refractivity contribution in [3.63, 3.8) is 0 Å². The maximum absolute atomic E-state index is 6.62. The summed E-state index contributed by atoms with van der Waals surface area (Å²) in [5.41, 5.74) is 3.50. The van der Waals surface area contributed by atoms with Crippen LogP contribution >= 0.6 is 34.2 Å². The first kappa shape index (κ1) is 15.6. The molecule has 0 aliphatic carbocycles. The molecule has 0 aliphatic heterocycles. The fourth-order valence-corrected chi connectivity index (χ4v) is 3.22. The number of benzene rings is 2. The van der Waals surface area contributed by atoms with Crippen LogP contribution in [-0.4, -0.2) is 6.10 Å². The SMILES string of the molecule is Cc1cccc(C(Cl)c2ccc(OC(C)C)cc2)c1I. The average molecular weight is 401 g/mol. The van der Waals surface area contributed by atoms with Gasteiger partial charge in [-0.25, -0.2) is 0 Å². The predicted octanol–water partition coefficient (Wildman–Crippen LogP) is 5.72. The smallest absolute Gasteiger partial charge is 0.119 e. The molecule has 1 atom stereocenters. The molecule has 0 aromatic heterocycles. The Labute approximate surface area is 139 Å². The number of halogens is 2. The van der Waals surface area contributed by atoms with Crippen molar-refractivity contribution in [1.29, 1.82) is 0 Å². The van der Waals surface area contributed by atoms with Crippen molar-refractivity contribution >= 4 is 34.2 Å². The van der Waals surface area contributed by atoms with Gasteiger partial charge in [-0.15, -0.1) is 11.6 Å². The molecule has 1 unspecified atom stereocenters. The van der Waals surface area contributed by atoms with E-state index < -0.39 is 0 Å². The van der Waals surface area contributed by atoms with E-state index in [0.717, 1.165) is 16.9 Å². The van der Waals surface area contributed by atoms with Crippen molar-refractivity contribution in [2.75, 3.05) is 0 Å². The molecule has 0 spiro atoms. The summed E-state index contributed by atoms with van der Waals surface area (Å²) in [4.78, 5) is 0. The van der Waals surface area contributed by atoms with Crippen molar-refractivity contribution in [2.45, 2.75) is 32.3 Å². The van der Waals surface area contributed by atoms with Crippen molar-refractivity contribution < 1.29 is 4.74 Å². The minimum Gasteiger partial charge on any atom is -0.491 e. The number of ether oxygens (including phenoxy) is 1. The largest absolute Gasteiger partial charge is 0.491 e. The Hall–Kier alpha value is -0.740. The molecule has 0 N–H and O–H groups in total. The molecule has 0 aliphatic rings. The van der Waals surface area contributed by atoms with E-state index in [-0.39, 0.29) is 11.5 Å². The molecule has 0 bridgehead atoms. The molecule has 0 saturated carbocycles. The minimum absolute atomic E-state index is 0.130. The highest BCUT2D eigenvalue weighted by atomic mass is 127. The molecule has 0 saturated heterocycles. The standard InChI is InChI=1S/C17H18ClIO/c1-11(2)20-14-9-7-13(8-10-14)16(18)15-6-4-5-12(3)17(15)19/h4-11,16H,1-3H3. The molecule has 1 nitrogen and oxygen atoms in total. The summed E-state index contributed by atoms with van der Waals surface area (Å²) >= 11 is 8.98. The van der Waals surface area contributed by atoms with Gasteiger partial charge in [0.25, 0.3) is 0 Å². The molecule has 106 valence electrons. The zero-order valence-corrected chi connectivity index (χ0v) is 14.8. The molecule has 2 rings (SSSR count). The normalized spacial score (nSPS) is 12.5. The van der Waals surface area contributed by atoms with E-state index in [4.69, 9.17) is 16.3 Å². The Morgan fingerprint density at radius 3 is 2.30 bits per heavy atom. The van der Waals surface area contributed by atoms with Crippen LogP contribution < -0.4 is 4.74 Å². The van der Waals surface area contributed by atoms with Crippen molar-refractivity contribution in [1.82, 2.24) is 0 Å². The molecular formula is C17H18ClIO. The van der Waals surface area contributed by atoms with E-state index in [0.29, 0.717) is 0 Å². The third kappa shape index (κ3) is 3.67. The van der Waals surface area contributed by atoms with Crippen LogP contribution in [0.2, 0.25) is 0 Å². The van der Waals surface area contributed by atoms with E-state index in [2.05, 4.69) is 47.7 Å². The third-order valence-corrected chi connectivity index (χ3v) is 5.00. The number of alkyl halides is 1. The van der Waals surface area contributed by atoms with Crippen LogP contribution in [0.3, 0.4) is 0 Å². The Morgan fingerprint density at radius 2 is 1.70 bits per heavy atom. The summed E-state index contributed by atoms with van der Waals surface area (Å²) in [5.74, 6) is 0.881. The molecule has 0 radical (unpaired) electrons. The van der Waals surface area contributed by atoms with E-state index in [1.165, 1.54) is 9.13 Å². The van der Waals surface area contributed by atoms with Crippen LogP contribution in [0.4, 0.5) is 0 Å².